The van der Waals surface area contributed by atoms with Gasteiger partial charge < -0.3 is 9.73 Å². The van der Waals surface area contributed by atoms with Crippen molar-refractivity contribution in [2.24, 2.45) is 0 Å². The molecule has 0 aliphatic carbocycles. The SMILES string of the molecule is Cc1cc(C)c(NC(=O)CSc2nnc(-c3cccc([N+](=O)[O-])c3)o2)c([N+](=O)[O-])c1. The smallest absolute Gasteiger partial charge is 0.293 e. The summed E-state index contributed by atoms with van der Waals surface area (Å²) in [6.45, 7) is 3.40. The zero-order valence-corrected chi connectivity index (χ0v) is 16.6. The number of amides is 1. The van der Waals surface area contributed by atoms with E-state index >= 15 is 0 Å². The summed E-state index contributed by atoms with van der Waals surface area (Å²) in [5.74, 6) is -0.530. The van der Waals surface area contributed by atoms with E-state index in [0.717, 1.165) is 11.8 Å². The number of hydrogen-bond donors (Lipinski definition) is 1. The summed E-state index contributed by atoms with van der Waals surface area (Å²) in [6.07, 6.45) is 0. The van der Waals surface area contributed by atoms with Crippen LogP contribution in [-0.4, -0.2) is 31.7 Å². The van der Waals surface area contributed by atoms with Gasteiger partial charge >= 0.3 is 0 Å². The summed E-state index contributed by atoms with van der Waals surface area (Å²) >= 11 is 0.941. The summed E-state index contributed by atoms with van der Waals surface area (Å²) in [4.78, 5) is 33.3. The maximum absolute atomic E-state index is 12.3. The number of nitro groups is 2. The molecule has 0 spiro atoms. The van der Waals surface area contributed by atoms with Crippen LogP contribution in [0.15, 0.2) is 46.0 Å². The second-order valence-electron chi connectivity index (χ2n) is 6.25. The van der Waals surface area contributed by atoms with Crippen LogP contribution in [-0.2, 0) is 4.79 Å². The number of carbonyl (C=O) groups excluding carboxylic acids is 1. The van der Waals surface area contributed by atoms with Crippen molar-refractivity contribution in [3.8, 4) is 11.5 Å². The average molecular weight is 429 g/mol. The highest BCUT2D eigenvalue weighted by Crippen LogP contribution is 2.30. The summed E-state index contributed by atoms with van der Waals surface area (Å²) in [5.41, 5.74) is 1.50. The number of nitro benzene ring substituents is 2. The lowest BCUT2D eigenvalue weighted by Crippen LogP contribution is -2.16. The van der Waals surface area contributed by atoms with Crippen molar-refractivity contribution in [3.63, 3.8) is 0 Å². The number of aryl methyl sites for hydroxylation is 2. The number of hydrogen-bond acceptors (Lipinski definition) is 9. The van der Waals surface area contributed by atoms with Crippen LogP contribution in [0.1, 0.15) is 11.1 Å². The van der Waals surface area contributed by atoms with E-state index in [1.165, 1.54) is 24.3 Å². The first-order valence-electron chi connectivity index (χ1n) is 8.51. The number of nitrogens with zero attached hydrogens (tertiary/aromatic N) is 4. The molecule has 1 amide bonds. The highest BCUT2D eigenvalue weighted by molar-refractivity contribution is 7.99. The van der Waals surface area contributed by atoms with Crippen molar-refractivity contribution < 1.29 is 19.1 Å². The normalized spacial score (nSPS) is 10.6. The van der Waals surface area contributed by atoms with Crippen LogP contribution in [0.25, 0.3) is 11.5 Å². The van der Waals surface area contributed by atoms with Gasteiger partial charge in [-0.25, -0.2) is 0 Å². The molecule has 11 nitrogen and oxygen atoms in total. The van der Waals surface area contributed by atoms with Crippen molar-refractivity contribution in [2.75, 3.05) is 11.1 Å². The molecule has 0 aliphatic heterocycles. The number of rotatable bonds is 7. The fraction of sp³-hybridized carbons (Fsp3) is 0.167. The van der Waals surface area contributed by atoms with E-state index < -0.39 is 15.8 Å². The van der Waals surface area contributed by atoms with Crippen molar-refractivity contribution >= 4 is 34.7 Å². The first-order valence-corrected chi connectivity index (χ1v) is 9.50. The first-order chi connectivity index (χ1) is 14.2. The maximum Gasteiger partial charge on any atom is 0.293 e. The minimum absolute atomic E-state index is 0.0756. The van der Waals surface area contributed by atoms with Crippen LogP contribution in [0.3, 0.4) is 0 Å². The van der Waals surface area contributed by atoms with Crippen molar-refractivity contribution in [1.82, 2.24) is 10.2 Å². The Kier molecular flexibility index (Phi) is 6.06. The Morgan fingerprint density at radius 3 is 2.60 bits per heavy atom. The topological polar surface area (TPSA) is 154 Å². The second-order valence-corrected chi connectivity index (χ2v) is 7.18. The summed E-state index contributed by atoms with van der Waals surface area (Å²) in [7, 11) is 0. The van der Waals surface area contributed by atoms with E-state index in [2.05, 4.69) is 15.5 Å². The third-order valence-electron chi connectivity index (χ3n) is 3.96. The number of benzene rings is 2. The fourth-order valence-corrected chi connectivity index (χ4v) is 3.25. The van der Waals surface area contributed by atoms with E-state index in [-0.39, 0.29) is 33.9 Å². The molecule has 1 heterocycles. The lowest BCUT2D eigenvalue weighted by Gasteiger charge is -2.09. The molecule has 0 unspecified atom stereocenters. The highest BCUT2D eigenvalue weighted by atomic mass is 32.2. The molecule has 0 radical (unpaired) electrons. The quantitative estimate of drug-likeness (QED) is 0.334. The molecule has 3 rings (SSSR count). The van der Waals surface area contributed by atoms with Crippen LogP contribution < -0.4 is 5.32 Å². The minimum Gasteiger partial charge on any atom is -0.411 e. The molecule has 0 saturated heterocycles. The molecule has 3 aromatic rings. The molecular formula is C18H15N5O6S. The van der Waals surface area contributed by atoms with Gasteiger partial charge in [0.1, 0.15) is 5.69 Å². The third kappa shape index (κ3) is 4.78. The summed E-state index contributed by atoms with van der Waals surface area (Å²) in [6, 6.07) is 8.84. The Morgan fingerprint density at radius 2 is 1.90 bits per heavy atom. The van der Waals surface area contributed by atoms with Gasteiger partial charge in [0, 0.05) is 23.8 Å². The van der Waals surface area contributed by atoms with Crippen LogP contribution in [0.4, 0.5) is 17.1 Å². The largest absolute Gasteiger partial charge is 0.411 e. The van der Waals surface area contributed by atoms with E-state index in [4.69, 9.17) is 4.42 Å². The van der Waals surface area contributed by atoms with E-state index in [0.29, 0.717) is 16.7 Å². The standard InChI is InChI=1S/C18H15N5O6S/c1-10-6-11(2)16(14(7-10)23(27)28)19-15(24)9-30-18-21-20-17(29-18)12-4-3-5-13(8-12)22(25)26/h3-8H,9H2,1-2H3,(H,19,24). The Bertz CT molecular complexity index is 1150. The number of nitrogens with one attached hydrogen (secondary N) is 1. The predicted molar refractivity (Wildman–Crippen MR) is 108 cm³/mol. The Morgan fingerprint density at radius 1 is 1.13 bits per heavy atom. The van der Waals surface area contributed by atoms with E-state index in [1.807, 2.05) is 0 Å². The lowest BCUT2D eigenvalue weighted by molar-refractivity contribution is -0.384. The number of thioether (sulfide) groups is 1. The molecule has 0 aliphatic rings. The van der Waals surface area contributed by atoms with Gasteiger partial charge in [0.25, 0.3) is 16.6 Å². The van der Waals surface area contributed by atoms with Gasteiger partial charge in [-0.05, 0) is 31.0 Å². The molecular weight excluding hydrogens is 414 g/mol. The van der Waals surface area contributed by atoms with Crippen LogP contribution in [0.2, 0.25) is 0 Å². The molecule has 0 fully saturated rings. The second kappa shape index (κ2) is 8.69. The molecule has 1 N–H and O–H groups in total. The van der Waals surface area contributed by atoms with Gasteiger partial charge in [0.2, 0.25) is 11.8 Å². The lowest BCUT2D eigenvalue weighted by atomic mass is 10.1. The molecule has 154 valence electrons. The van der Waals surface area contributed by atoms with Crippen LogP contribution in [0, 0.1) is 34.1 Å². The number of anilines is 1. The molecule has 12 heteroatoms. The van der Waals surface area contributed by atoms with Crippen molar-refractivity contribution in [3.05, 3.63) is 67.8 Å². The summed E-state index contributed by atoms with van der Waals surface area (Å²) < 4.78 is 5.44. The number of aromatic nitrogens is 2. The molecule has 1 aromatic heterocycles. The summed E-state index contributed by atoms with van der Waals surface area (Å²) in [5, 5.41) is 32.4. The van der Waals surface area contributed by atoms with Crippen molar-refractivity contribution in [2.45, 2.75) is 19.1 Å². The Balaban J connectivity index is 1.68. The third-order valence-corrected chi connectivity index (χ3v) is 4.78. The Labute approximate surface area is 173 Å². The number of carbonyl (C=O) groups is 1. The van der Waals surface area contributed by atoms with Gasteiger partial charge in [-0.1, -0.05) is 23.9 Å². The van der Waals surface area contributed by atoms with E-state index in [9.17, 15) is 25.0 Å². The zero-order valence-electron chi connectivity index (χ0n) is 15.8. The molecule has 0 atom stereocenters. The molecule has 2 aromatic carbocycles. The molecule has 0 bridgehead atoms. The maximum atomic E-state index is 12.3. The van der Waals surface area contributed by atoms with Crippen LogP contribution in [0.5, 0.6) is 0 Å². The van der Waals surface area contributed by atoms with Gasteiger partial charge in [-0.2, -0.15) is 0 Å². The minimum atomic E-state index is -0.550. The first kappa shape index (κ1) is 20.9. The molecule has 0 saturated carbocycles. The van der Waals surface area contributed by atoms with Gasteiger partial charge in [-0.15, -0.1) is 10.2 Å². The number of non-ortho nitro benzene ring substituents is 1. The highest BCUT2D eigenvalue weighted by Gasteiger charge is 2.20. The molecule has 30 heavy (non-hydrogen) atoms. The van der Waals surface area contributed by atoms with Crippen molar-refractivity contribution in [1.29, 1.82) is 0 Å². The average Bonchev–Trinajstić information content (AvgIpc) is 3.17. The van der Waals surface area contributed by atoms with Gasteiger partial charge in [0.15, 0.2) is 0 Å². The fourth-order valence-electron chi connectivity index (χ4n) is 2.69. The monoisotopic (exact) mass is 429 g/mol. The van der Waals surface area contributed by atoms with Gasteiger partial charge in [0.05, 0.1) is 15.6 Å². The van der Waals surface area contributed by atoms with Crippen LogP contribution >= 0.6 is 11.8 Å². The zero-order chi connectivity index (χ0) is 21.8. The van der Waals surface area contributed by atoms with E-state index in [1.54, 1.807) is 26.0 Å². The Hall–Kier alpha value is -3.80. The predicted octanol–water partition coefficient (Wildman–Crippen LogP) is 3.90. The van der Waals surface area contributed by atoms with Gasteiger partial charge in [-0.3, -0.25) is 25.0 Å².